The van der Waals surface area contributed by atoms with Crippen molar-refractivity contribution in [1.82, 2.24) is 14.8 Å². The molecular formula is C15H21N3S. The van der Waals surface area contributed by atoms with Crippen LogP contribution in [-0.2, 0) is 0 Å². The molecule has 19 heavy (non-hydrogen) atoms. The minimum absolute atomic E-state index is 0.665. The van der Waals surface area contributed by atoms with E-state index in [0.717, 1.165) is 28.4 Å². The highest BCUT2D eigenvalue weighted by atomic mass is 32.1. The predicted molar refractivity (Wildman–Crippen MR) is 75.5 cm³/mol. The number of hydrogen-bond acceptors (Lipinski definition) is 2. The fraction of sp³-hybridized carbons (Fsp3) is 0.867. The van der Waals surface area contributed by atoms with Crippen molar-refractivity contribution in [2.24, 2.45) is 23.7 Å². The number of hydrogen-bond donors (Lipinski definition) is 1. The largest absolute Gasteiger partial charge is 0.301 e. The molecule has 1 aromatic heterocycles. The van der Waals surface area contributed by atoms with Crippen molar-refractivity contribution in [1.29, 1.82) is 0 Å². The van der Waals surface area contributed by atoms with E-state index < -0.39 is 0 Å². The second kappa shape index (κ2) is 3.72. The average Bonchev–Trinajstić information content (AvgIpc) is 3.13. The van der Waals surface area contributed by atoms with E-state index in [2.05, 4.69) is 14.8 Å². The summed E-state index contributed by atoms with van der Waals surface area (Å²) < 4.78 is 3.24. The normalized spacial score (nSPS) is 43.9. The summed E-state index contributed by atoms with van der Waals surface area (Å²) in [5.74, 6) is 5.91. The number of rotatable bonds is 2. The van der Waals surface area contributed by atoms with E-state index in [0.29, 0.717) is 12.0 Å². The lowest BCUT2D eigenvalue weighted by atomic mass is 9.51. The van der Waals surface area contributed by atoms with E-state index in [4.69, 9.17) is 12.2 Å². The molecule has 5 fully saturated rings. The molecule has 3 nitrogen and oxygen atoms in total. The number of H-pyrrole nitrogens is 1. The van der Waals surface area contributed by atoms with Gasteiger partial charge in [-0.2, -0.15) is 5.10 Å². The highest BCUT2D eigenvalue weighted by molar-refractivity contribution is 7.71. The van der Waals surface area contributed by atoms with Gasteiger partial charge in [-0.05, 0) is 80.8 Å². The van der Waals surface area contributed by atoms with Crippen LogP contribution in [0.5, 0.6) is 0 Å². The van der Waals surface area contributed by atoms with E-state index in [9.17, 15) is 0 Å². The van der Waals surface area contributed by atoms with Crippen molar-refractivity contribution < 1.29 is 0 Å². The Balaban J connectivity index is 1.58. The molecule has 0 aliphatic heterocycles. The molecule has 4 bridgehead atoms. The minimum Gasteiger partial charge on any atom is -0.301 e. The van der Waals surface area contributed by atoms with Crippen LogP contribution in [0.3, 0.4) is 0 Å². The molecule has 5 aliphatic carbocycles. The molecule has 0 unspecified atom stereocenters. The zero-order chi connectivity index (χ0) is 12.6. The summed E-state index contributed by atoms with van der Waals surface area (Å²) in [6, 6.07) is 0.665. The van der Waals surface area contributed by atoms with E-state index in [1.165, 1.54) is 50.8 Å². The van der Waals surface area contributed by atoms with Gasteiger partial charge in [0.1, 0.15) is 5.82 Å². The van der Waals surface area contributed by atoms with Crippen LogP contribution in [0.25, 0.3) is 0 Å². The van der Waals surface area contributed by atoms with Crippen LogP contribution in [0.2, 0.25) is 0 Å². The molecule has 5 saturated carbocycles. The third-order valence-electron chi connectivity index (χ3n) is 6.17. The summed E-state index contributed by atoms with van der Waals surface area (Å²) >= 11 is 5.47. The lowest BCUT2D eigenvalue weighted by molar-refractivity contribution is -0.00691. The maximum atomic E-state index is 5.47. The third-order valence-corrected chi connectivity index (χ3v) is 6.46. The van der Waals surface area contributed by atoms with Gasteiger partial charge in [-0.1, -0.05) is 0 Å². The van der Waals surface area contributed by atoms with Crippen LogP contribution >= 0.6 is 12.2 Å². The molecule has 6 rings (SSSR count). The molecule has 5 aliphatic rings. The van der Waals surface area contributed by atoms with Gasteiger partial charge in [0.15, 0.2) is 4.77 Å². The second-order valence-electron chi connectivity index (χ2n) is 7.44. The van der Waals surface area contributed by atoms with E-state index in [-0.39, 0.29) is 0 Å². The Morgan fingerprint density at radius 1 is 1.00 bits per heavy atom. The Morgan fingerprint density at radius 2 is 1.63 bits per heavy atom. The Labute approximate surface area is 118 Å². The molecule has 0 spiro atoms. The van der Waals surface area contributed by atoms with Crippen molar-refractivity contribution in [3.05, 3.63) is 10.6 Å². The van der Waals surface area contributed by atoms with Crippen LogP contribution in [0.1, 0.15) is 62.7 Å². The third kappa shape index (κ3) is 1.55. The van der Waals surface area contributed by atoms with Gasteiger partial charge in [0.05, 0.1) is 0 Å². The highest BCUT2D eigenvalue weighted by Crippen LogP contribution is 2.59. The molecule has 1 N–H and O–H groups in total. The van der Waals surface area contributed by atoms with Gasteiger partial charge in [-0.15, -0.1) is 0 Å². The van der Waals surface area contributed by atoms with Gasteiger partial charge in [-0.25, -0.2) is 0 Å². The van der Waals surface area contributed by atoms with Crippen molar-refractivity contribution in [2.75, 3.05) is 0 Å². The second-order valence-corrected chi connectivity index (χ2v) is 7.83. The van der Waals surface area contributed by atoms with E-state index in [1.54, 1.807) is 0 Å². The minimum atomic E-state index is 0.665. The molecule has 0 amide bonds. The smallest absolute Gasteiger partial charge is 0.195 e. The SMILES string of the molecule is S=c1[nH]nc(C2C3CC4CC(C3)CC2C4)n1C1CC1. The average molecular weight is 275 g/mol. The fourth-order valence-electron chi connectivity index (χ4n) is 5.58. The van der Waals surface area contributed by atoms with Crippen molar-refractivity contribution in [3.8, 4) is 0 Å². The predicted octanol–water partition coefficient (Wildman–Crippen LogP) is 3.82. The molecule has 0 atom stereocenters. The molecule has 1 aromatic rings. The van der Waals surface area contributed by atoms with Crippen LogP contribution in [0, 0.1) is 28.4 Å². The first-order valence-electron chi connectivity index (χ1n) is 7.96. The summed E-state index contributed by atoms with van der Waals surface area (Å²) in [5, 5.41) is 7.75. The molecule has 102 valence electrons. The first kappa shape index (κ1) is 11.1. The lowest BCUT2D eigenvalue weighted by Crippen LogP contribution is -2.44. The standard InChI is InChI=1S/C15H21N3S/c19-15-17-16-14(18(15)12-1-2-12)13-10-4-8-3-9(6-10)7-11(13)5-8/h8-13H,1-7H2,(H,17,19). The monoisotopic (exact) mass is 275 g/mol. The quantitative estimate of drug-likeness (QED) is 0.833. The van der Waals surface area contributed by atoms with Crippen molar-refractivity contribution in [3.63, 3.8) is 0 Å². The van der Waals surface area contributed by atoms with E-state index >= 15 is 0 Å². The molecule has 4 heteroatoms. The molecule has 0 radical (unpaired) electrons. The zero-order valence-electron chi connectivity index (χ0n) is 11.2. The Kier molecular flexibility index (Phi) is 2.16. The Bertz CT molecular complexity index is 540. The summed E-state index contributed by atoms with van der Waals surface area (Å²) in [6.45, 7) is 0. The first-order valence-corrected chi connectivity index (χ1v) is 8.37. The van der Waals surface area contributed by atoms with Gasteiger partial charge in [0, 0.05) is 12.0 Å². The molecule has 0 saturated heterocycles. The Hall–Kier alpha value is -0.640. The number of aromatic nitrogens is 3. The number of aromatic amines is 1. The van der Waals surface area contributed by atoms with E-state index in [1.807, 2.05) is 0 Å². The highest BCUT2D eigenvalue weighted by Gasteiger charge is 2.50. The molecule has 0 aromatic carbocycles. The zero-order valence-corrected chi connectivity index (χ0v) is 12.0. The van der Waals surface area contributed by atoms with Gasteiger partial charge in [0.25, 0.3) is 0 Å². The van der Waals surface area contributed by atoms with Crippen LogP contribution in [-0.4, -0.2) is 14.8 Å². The van der Waals surface area contributed by atoms with Crippen LogP contribution in [0.4, 0.5) is 0 Å². The maximum absolute atomic E-state index is 5.47. The summed E-state index contributed by atoms with van der Waals surface area (Å²) in [5.41, 5.74) is 0. The molecular weight excluding hydrogens is 254 g/mol. The van der Waals surface area contributed by atoms with Gasteiger partial charge >= 0.3 is 0 Å². The number of nitrogens with one attached hydrogen (secondary N) is 1. The van der Waals surface area contributed by atoms with Crippen LogP contribution < -0.4 is 0 Å². The van der Waals surface area contributed by atoms with Gasteiger partial charge < -0.3 is 4.57 Å². The summed E-state index contributed by atoms with van der Waals surface area (Å²) in [4.78, 5) is 0. The lowest BCUT2D eigenvalue weighted by Gasteiger charge is -2.54. The van der Waals surface area contributed by atoms with Gasteiger partial charge in [0.2, 0.25) is 0 Å². The topological polar surface area (TPSA) is 33.6 Å². The van der Waals surface area contributed by atoms with Gasteiger partial charge in [-0.3, -0.25) is 5.10 Å². The van der Waals surface area contributed by atoms with Crippen molar-refractivity contribution >= 4 is 12.2 Å². The van der Waals surface area contributed by atoms with Crippen LogP contribution in [0.15, 0.2) is 0 Å². The summed E-state index contributed by atoms with van der Waals surface area (Å²) in [6.07, 6.45) is 9.96. The summed E-state index contributed by atoms with van der Waals surface area (Å²) in [7, 11) is 0. The maximum Gasteiger partial charge on any atom is 0.195 e. The fourth-order valence-corrected chi connectivity index (χ4v) is 5.87. The van der Waals surface area contributed by atoms with Crippen molar-refractivity contribution in [2.45, 2.75) is 56.9 Å². The Morgan fingerprint density at radius 3 is 2.21 bits per heavy atom. The number of nitrogens with zero attached hydrogens (tertiary/aromatic N) is 2. The first-order chi connectivity index (χ1) is 9.29. The molecule has 1 heterocycles.